The molecule has 0 heterocycles. The third-order valence-corrected chi connectivity index (χ3v) is 3.97. The lowest BCUT2D eigenvalue weighted by Gasteiger charge is -2.18. The minimum atomic E-state index is -3.96. The van der Waals surface area contributed by atoms with E-state index in [2.05, 4.69) is 5.32 Å². The molecular weight excluding hydrogens is 276 g/mol. The highest BCUT2D eigenvalue weighted by Crippen LogP contribution is 2.20. The van der Waals surface area contributed by atoms with Gasteiger partial charge in [-0.1, -0.05) is 6.07 Å². The molecule has 0 amide bonds. The van der Waals surface area contributed by atoms with Gasteiger partial charge in [0.1, 0.15) is 17.3 Å². The van der Waals surface area contributed by atoms with Gasteiger partial charge >= 0.3 is 10.2 Å². The van der Waals surface area contributed by atoms with Gasteiger partial charge in [-0.15, -0.1) is 0 Å². The van der Waals surface area contributed by atoms with Crippen LogP contribution in [0.15, 0.2) is 18.2 Å². The van der Waals surface area contributed by atoms with Crippen LogP contribution in [0, 0.1) is 11.6 Å². The van der Waals surface area contributed by atoms with E-state index in [1.54, 1.807) is 7.05 Å². The van der Waals surface area contributed by atoms with Crippen molar-refractivity contribution in [2.75, 3.05) is 31.9 Å². The van der Waals surface area contributed by atoms with Crippen LogP contribution in [0.3, 0.4) is 0 Å². The van der Waals surface area contributed by atoms with Gasteiger partial charge in [0.2, 0.25) is 0 Å². The standard InChI is InChI=1S/C11H17F2N3O2S/c1-14-7-4-8-16(2)19(17,18)15-11-9(12)5-3-6-10(11)13/h3,5-6,14-15H,4,7-8H2,1-2H3. The molecule has 0 aromatic heterocycles. The minimum absolute atomic E-state index is 0.242. The van der Waals surface area contributed by atoms with Crippen molar-refractivity contribution in [3.8, 4) is 0 Å². The molecule has 0 atom stereocenters. The molecule has 5 nitrogen and oxygen atoms in total. The summed E-state index contributed by atoms with van der Waals surface area (Å²) >= 11 is 0. The molecule has 19 heavy (non-hydrogen) atoms. The first kappa shape index (κ1) is 15.8. The molecule has 0 saturated heterocycles. The molecule has 0 saturated carbocycles. The van der Waals surface area contributed by atoms with Crippen molar-refractivity contribution in [1.29, 1.82) is 0 Å². The maximum absolute atomic E-state index is 13.4. The summed E-state index contributed by atoms with van der Waals surface area (Å²) < 4.78 is 53.3. The number of para-hydroxylation sites is 1. The number of nitrogens with zero attached hydrogens (tertiary/aromatic N) is 1. The fourth-order valence-electron chi connectivity index (χ4n) is 1.40. The third kappa shape index (κ3) is 4.41. The maximum atomic E-state index is 13.4. The summed E-state index contributed by atoms with van der Waals surface area (Å²) in [4.78, 5) is 0. The first-order chi connectivity index (χ1) is 8.88. The lowest BCUT2D eigenvalue weighted by atomic mass is 10.3. The highest BCUT2D eigenvalue weighted by atomic mass is 32.2. The van der Waals surface area contributed by atoms with Crippen LogP contribution in [0.2, 0.25) is 0 Å². The fourth-order valence-corrected chi connectivity index (χ4v) is 2.38. The first-order valence-electron chi connectivity index (χ1n) is 5.71. The van der Waals surface area contributed by atoms with Crippen LogP contribution in [-0.4, -0.2) is 39.9 Å². The molecule has 2 N–H and O–H groups in total. The van der Waals surface area contributed by atoms with Gasteiger partial charge in [0.25, 0.3) is 0 Å². The van der Waals surface area contributed by atoms with Crippen LogP contribution in [0.25, 0.3) is 0 Å². The second-order valence-electron chi connectivity index (χ2n) is 3.98. The summed E-state index contributed by atoms with van der Waals surface area (Å²) in [6.07, 6.45) is 0.591. The largest absolute Gasteiger partial charge is 0.320 e. The summed E-state index contributed by atoms with van der Waals surface area (Å²) in [7, 11) is -0.868. The van der Waals surface area contributed by atoms with E-state index in [0.29, 0.717) is 13.0 Å². The molecule has 0 fully saturated rings. The third-order valence-electron chi connectivity index (χ3n) is 2.50. The average Bonchev–Trinajstić information content (AvgIpc) is 2.34. The highest BCUT2D eigenvalue weighted by molar-refractivity contribution is 7.90. The Morgan fingerprint density at radius 2 is 1.84 bits per heavy atom. The average molecular weight is 293 g/mol. The summed E-state index contributed by atoms with van der Waals surface area (Å²) in [5.74, 6) is -1.90. The Morgan fingerprint density at radius 1 is 1.26 bits per heavy atom. The maximum Gasteiger partial charge on any atom is 0.301 e. The van der Waals surface area contributed by atoms with Crippen LogP contribution >= 0.6 is 0 Å². The van der Waals surface area contributed by atoms with Crippen LogP contribution in [0.5, 0.6) is 0 Å². The Hall–Kier alpha value is -1.25. The van der Waals surface area contributed by atoms with E-state index in [0.717, 1.165) is 16.4 Å². The molecule has 0 aliphatic rings. The number of anilines is 1. The Bertz CT molecular complexity index is 502. The molecule has 108 valence electrons. The lowest BCUT2D eigenvalue weighted by molar-refractivity contribution is 0.461. The second kappa shape index (κ2) is 6.78. The van der Waals surface area contributed by atoms with Crippen molar-refractivity contribution in [2.45, 2.75) is 6.42 Å². The summed E-state index contributed by atoms with van der Waals surface area (Å²) in [5, 5.41) is 2.88. The normalized spacial score (nSPS) is 11.8. The van der Waals surface area contributed by atoms with E-state index in [4.69, 9.17) is 0 Å². The van der Waals surface area contributed by atoms with Gasteiger partial charge in [-0.25, -0.2) is 8.78 Å². The molecule has 0 aliphatic heterocycles. The van der Waals surface area contributed by atoms with Crippen molar-refractivity contribution < 1.29 is 17.2 Å². The Morgan fingerprint density at radius 3 is 2.37 bits per heavy atom. The molecule has 0 spiro atoms. The molecule has 0 radical (unpaired) electrons. The SMILES string of the molecule is CNCCCN(C)S(=O)(=O)Nc1c(F)cccc1F. The van der Waals surface area contributed by atoms with Crippen molar-refractivity contribution in [1.82, 2.24) is 9.62 Å². The van der Waals surface area contributed by atoms with Crippen molar-refractivity contribution >= 4 is 15.9 Å². The van der Waals surface area contributed by atoms with Crippen molar-refractivity contribution in [3.05, 3.63) is 29.8 Å². The topological polar surface area (TPSA) is 61.4 Å². The second-order valence-corrected chi connectivity index (χ2v) is 5.76. The van der Waals surface area contributed by atoms with Gasteiger partial charge in [0, 0.05) is 13.6 Å². The van der Waals surface area contributed by atoms with Crippen molar-refractivity contribution in [3.63, 3.8) is 0 Å². The number of halogens is 2. The molecule has 0 bridgehead atoms. The smallest absolute Gasteiger partial charge is 0.301 e. The van der Waals surface area contributed by atoms with Crippen LogP contribution in [0.1, 0.15) is 6.42 Å². The van der Waals surface area contributed by atoms with Gasteiger partial charge in [-0.3, -0.25) is 4.72 Å². The van der Waals surface area contributed by atoms with Crippen LogP contribution < -0.4 is 10.0 Å². The first-order valence-corrected chi connectivity index (χ1v) is 7.15. The monoisotopic (exact) mass is 293 g/mol. The molecule has 0 aliphatic carbocycles. The zero-order valence-corrected chi connectivity index (χ0v) is 11.6. The van der Waals surface area contributed by atoms with Crippen LogP contribution in [-0.2, 0) is 10.2 Å². The Labute approximate surface area is 111 Å². The predicted octanol–water partition coefficient (Wildman–Crippen LogP) is 1.16. The van der Waals surface area contributed by atoms with E-state index >= 15 is 0 Å². The summed E-state index contributed by atoms with van der Waals surface area (Å²) in [5.41, 5.74) is -0.664. The predicted molar refractivity (Wildman–Crippen MR) is 70.1 cm³/mol. The number of nitrogens with one attached hydrogen (secondary N) is 2. The molecule has 1 aromatic carbocycles. The van der Waals surface area contributed by atoms with Crippen molar-refractivity contribution in [2.24, 2.45) is 0 Å². The van der Waals surface area contributed by atoms with Gasteiger partial charge < -0.3 is 5.32 Å². The number of benzene rings is 1. The van der Waals surface area contributed by atoms with E-state index in [1.165, 1.54) is 13.1 Å². The van der Waals surface area contributed by atoms with Gasteiger partial charge in [0.15, 0.2) is 0 Å². The fraction of sp³-hybridized carbons (Fsp3) is 0.455. The van der Waals surface area contributed by atoms with E-state index < -0.39 is 27.5 Å². The van der Waals surface area contributed by atoms with Gasteiger partial charge in [-0.2, -0.15) is 12.7 Å². The molecule has 8 heteroatoms. The highest BCUT2D eigenvalue weighted by Gasteiger charge is 2.20. The van der Waals surface area contributed by atoms with E-state index in [-0.39, 0.29) is 6.54 Å². The number of rotatable bonds is 7. The van der Waals surface area contributed by atoms with Gasteiger partial charge in [0.05, 0.1) is 0 Å². The zero-order chi connectivity index (χ0) is 14.5. The van der Waals surface area contributed by atoms with Gasteiger partial charge in [-0.05, 0) is 32.1 Å². The molecule has 1 aromatic rings. The van der Waals surface area contributed by atoms with E-state index in [1.807, 2.05) is 4.72 Å². The number of hydrogen-bond acceptors (Lipinski definition) is 3. The minimum Gasteiger partial charge on any atom is -0.320 e. The zero-order valence-electron chi connectivity index (χ0n) is 10.8. The molecule has 0 unspecified atom stereocenters. The quantitative estimate of drug-likeness (QED) is 0.742. The Kier molecular flexibility index (Phi) is 5.64. The van der Waals surface area contributed by atoms with E-state index in [9.17, 15) is 17.2 Å². The lowest BCUT2D eigenvalue weighted by Crippen LogP contribution is -2.34. The Balaban J connectivity index is 2.79. The molecule has 1 rings (SSSR count). The number of hydrogen-bond donors (Lipinski definition) is 2. The molecular formula is C11H17F2N3O2S. The summed E-state index contributed by atoms with van der Waals surface area (Å²) in [6.45, 7) is 0.889. The van der Waals surface area contributed by atoms with Crippen LogP contribution in [0.4, 0.5) is 14.5 Å². The summed E-state index contributed by atoms with van der Waals surface area (Å²) in [6, 6.07) is 3.14.